The number of nitrogens with one attached hydrogen (secondary N) is 3. The van der Waals surface area contributed by atoms with E-state index in [0.29, 0.717) is 5.56 Å². The fourth-order valence-corrected chi connectivity index (χ4v) is 5.94. The number of morpholine rings is 1. The second kappa shape index (κ2) is 8.34. The summed E-state index contributed by atoms with van der Waals surface area (Å²) >= 11 is 0. The minimum absolute atomic E-state index is 0.0967. The van der Waals surface area contributed by atoms with Gasteiger partial charge in [0, 0.05) is 26.2 Å². The molecule has 3 atom stereocenters. The summed E-state index contributed by atoms with van der Waals surface area (Å²) in [6, 6.07) is 1.43. The van der Waals surface area contributed by atoms with Crippen LogP contribution in [0.15, 0.2) is 22.9 Å². The average molecular weight is 525 g/mol. The first-order valence-electron chi connectivity index (χ1n) is 12.1. The number of barbiturate groups is 1. The van der Waals surface area contributed by atoms with Gasteiger partial charge in [-0.25, -0.2) is 9.18 Å². The molecule has 198 valence electrons. The molecule has 0 bridgehead atoms. The van der Waals surface area contributed by atoms with Gasteiger partial charge in [-0.15, -0.1) is 0 Å². The summed E-state index contributed by atoms with van der Waals surface area (Å²) < 4.78 is 28.9. The highest BCUT2D eigenvalue weighted by Crippen LogP contribution is 2.49. The number of anilines is 1. The summed E-state index contributed by atoms with van der Waals surface area (Å²) in [5.74, 6) is -2.95. The Morgan fingerprint density at radius 1 is 1.26 bits per heavy atom. The molecule has 2 fully saturated rings. The Balaban J connectivity index is 1.46. The first kappa shape index (κ1) is 24.0. The lowest BCUT2D eigenvalue weighted by Crippen LogP contribution is -2.75. The lowest BCUT2D eigenvalue weighted by atomic mass is 9.66. The number of hydrogen-bond acceptors (Lipinski definition) is 9. The summed E-state index contributed by atoms with van der Waals surface area (Å²) in [4.78, 5) is 53.1. The van der Waals surface area contributed by atoms with Crippen molar-refractivity contribution in [3.8, 4) is 0 Å². The summed E-state index contributed by atoms with van der Waals surface area (Å²) in [5.41, 5.74) is -0.955. The van der Waals surface area contributed by atoms with Crippen LogP contribution in [-0.4, -0.2) is 63.5 Å². The SMILES string of the molecule is CC1CN2c3c(cc4c(C(=O)NCc5ccnn5C)noc4c3F)CC3(C(=O)NC(=O)NC3=O)C2C(C)O1. The zero-order valence-electron chi connectivity index (χ0n) is 20.7. The zero-order chi connectivity index (χ0) is 26.9. The molecule has 14 heteroatoms. The molecule has 13 nitrogen and oxygen atoms in total. The third-order valence-electron chi connectivity index (χ3n) is 7.53. The van der Waals surface area contributed by atoms with E-state index in [4.69, 9.17) is 9.26 Å². The number of imide groups is 2. The van der Waals surface area contributed by atoms with Crippen molar-refractivity contribution in [3.63, 3.8) is 0 Å². The van der Waals surface area contributed by atoms with Crippen LogP contribution in [0.2, 0.25) is 0 Å². The van der Waals surface area contributed by atoms with E-state index < -0.39 is 47.1 Å². The number of hydrogen-bond donors (Lipinski definition) is 3. The Kier molecular flexibility index (Phi) is 5.28. The monoisotopic (exact) mass is 525 g/mol. The highest BCUT2D eigenvalue weighted by molar-refractivity contribution is 6.20. The van der Waals surface area contributed by atoms with Gasteiger partial charge in [0.05, 0.1) is 41.6 Å². The number of benzene rings is 1. The molecule has 3 aliphatic rings. The standard InChI is InChI=1S/C24H24FN7O6/c1-10-9-32-17-12(7-24(19(32)11(2)37-10)21(34)28-23(36)29-22(24)35)6-14-16(30-38-18(14)15(17)25)20(33)26-8-13-4-5-27-31(13)3/h4-6,10-11,19H,7-9H2,1-3H3,(H,26,33)(H2,28,29,34,35,36). The van der Waals surface area contributed by atoms with Crippen LogP contribution in [0.5, 0.6) is 0 Å². The molecule has 3 aromatic rings. The second-order valence-electron chi connectivity index (χ2n) is 9.87. The maximum Gasteiger partial charge on any atom is 0.328 e. The van der Waals surface area contributed by atoms with E-state index in [1.165, 1.54) is 6.07 Å². The predicted octanol–water partition coefficient (Wildman–Crippen LogP) is 0.521. The Hall–Kier alpha value is -4.33. The maximum absolute atomic E-state index is 16.1. The molecular formula is C24H24FN7O6. The normalized spacial score (nSPS) is 24.2. The Morgan fingerprint density at radius 2 is 2.00 bits per heavy atom. The van der Waals surface area contributed by atoms with E-state index in [1.54, 1.807) is 42.7 Å². The van der Waals surface area contributed by atoms with Gasteiger partial charge in [0.1, 0.15) is 0 Å². The van der Waals surface area contributed by atoms with Gasteiger partial charge in [-0.1, -0.05) is 5.16 Å². The number of aromatic nitrogens is 3. The van der Waals surface area contributed by atoms with Crippen molar-refractivity contribution >= 4 is 40.4 Å². The smallest absolute Gasteiger partial charge is 0.328 e. The van der Waals surface area contributed by atoms with Crippen molar-refractivity contribution in [1.29, 1.82) is 0 Å². The van der Waals surface area contributed by atoms with Gasteiger partial charge in [0.25, 0.3) is 5.91 Å². The molecule has 1 aromatic carbocycles. The maximum atomic E-state index is 16.1. The molecule has 5 heterocycles. The molecule has 38 heavy (non-hydrogen) atoms. The number of carbonyl (C=O) groups is 4. The Labute approximate surface area is 214 Å². The van der Waals surface area contributed by atoms with E-state index in [9.17, 15) is 19.2 Å². The van der Waals surface area contributed by atoms with Gasteiger partial charge in [0.2, 0.25) is 17.4 Å². The molecule has 5 amide bonds. The molecule has 2 aromatic heterocycles. The molecule has 0 aliphatic carbocycles. The Morgan fingerprint density at radius 3 is 2.68 bits per heavy atom. The number of urea groups is 1. The molecule has 0 saturated carbocycles. The van der Waals surface area contributed by atoms with Crippen LogP contribution in [0.4, 0.5) is 14.9 Å². The lowest BCUT2D eigenvalue weighted by Gasteiger charge is -2.55. The summed E-state index contributed by atoms with van der Waals surface area (Å²) in [6.45, 7) is 3.83. The van der Waals surface area contributed by atoms with Crippen LogP contribution in [0.3, 0.4) is 0 Å². The average Bonchev–Trinajstić information content (AvgIpc) is 3.46. The van der Waals surface area contributed by atoms with Crippen LogP contribution in [0.25, 0.3) is 11.0 Å². The second-order valence-corrected chi connectivity index (χ2v) is 9.87. The molecule has 6 rings (SSSR count). The zero-order valence-corrected chi connectivity index (χ0v) is 20.7. The van der Waals surface area contributed by atoms with Gasteiger partial charge < -0.3 is 19.5 Å². The van der Waals surface area contributed by atoms with E-state index in [-0.39, 0.29) is 48.0 Å². The largest absolute Gasteiger partial charge is 0.372 e. The van der Waals surface area contributed by atoms with Crippen LogP contribution in [-0.2, 0) is 34.3 Å². The number of ether oxygens (including phenoxy) is 1. The molecule has 2 saturated heterocycles. The molecule has 3 aliphatic heterocycles. The van der Waals surface area contributed by atoms with Crippen LogP contribution >= 0.6 is 0 Å². The fraction of sp³-hybridized carbons (Fsp3) is 0.417. The van der Waals surface area contributed by atoms with E-state index in [0.717, 1.165) is 5.69 Å². The minimum Gasteiger partial charge on any atom is -0.372 e. The van der Waals surface area contributed by atoms with Crippen molar-refractivity contribution in [2.75, 3.05) is 11.4 Å². The number of halogens is 1. The number of fused-ring (bicyclic) bond motifs is 5. The van der Waals surface area contributed by atoms with Gasteiger partial charge in [-0.05, 0) is 31.5 Å². The summed E-state index contributed by atoms with van der Waals surface area (Å²) in [7, 11) is 1.73. The van der Waals surface area contributed by atoms with Crippen LogP contribution in [0, 0.1) is 11.2 Å². The number of nitrogens with zero attached hydrogens (tertiary/aromatic N) is 4. The summed E-state index contributed by atoms with van der Waals surface area (Å²) in [6.07, 6.45) is 0.356. The number of carbonyl (C=O) groups excluding carboxylic acids is 4. The van der Waals surface area contributed by atoms with Crippen molar-refractivity contribution in [1.82, 2.24) is 30.9 Å². The topological polar surface area (TPSA) is 161 Å². The van der Waals surface area contributed by atoms with Gasteiger partial charge in [-0.3, -0.25) is 29.7 Å². The molecule has 1 spiro atoms. The first-order chi connectivity index (χ1) is 18.1. The highest BCUT2D eigenvalue weighted by Gasteiger charge is 2.63. The van der Waals surface area contributed by atoms with Crippen molar-refractivity contribution in [3.05, 3.63) is 41.1 Å². The van der Waals surface area contributed by atoms with Gasteiger partial charge >= 0.3 is 6.03 Å². The first-order valence-corrected chi connectivity index (χ1v) is 12.1. The minimum atomic E-state index is -1.78. The molecule has 0 radical (unpaired) electrons. The molecular weight excluding hydrogens is 501 g/mol. The van der Waals surface area contributed by atoms with E-state index in [2.05, 4.69) is 26.2 Å². The quantitative estimate of drug-likeness (QED) is 0.414. The predicted molar refractivity (Wildman–Crippen MR) is 127 cm³/mol. The van der Waals surface area contributed by atoms with Crippen molar-refractivity contribution in [2.24, 2.45) is 12.5 Å². The van der Waals surface area contributed by atoms with Crippen LogP contribution < -0.4 is 20.9 Å². The fourth-order valence-electron chi connectivity index (χ4n) is 5.94. The third-order valence-corrected chi connectivity index (χ3v) is 7.53. The van der Waals surface area contributed by atoms with Crippen molar-refractivity contribution < 1.29 is 32.8 Å². The van der Waals surface area contributed by atoms with E-state index >= 15 is 4.39 Å². The number of rotatable bonds is 3. The van der Waals surface area contributed by atoms with Crippen LogP contribution in [0.1, 0.15) is 35.6 Å². The highest BCUT2D eigenvalue weighted by atomic mass is 19.1. The van der Waals surface area contributed by atoms with Gasteiger partial charge in [-0.2, -0.15) is 5.10 Å². The van der Waals surface area contributed by atoms with Crippen molar-refractivity contribution in [2.45, 2.75) is 45.1 Å². The van der Waals surface area contributed by atoms with Gasteiger partial charge in [0.15, 0.2) is 16.9 Å². The summed E-state index contributed by atoms with van der Waals surface area (Å²) in [5, 5.41) is 15.1. The number of aryl methyl sites for hydroxylation is 1. The Bertz CT molecular complexity index is 1510. The van der Waals surface area contributed by atoms with E-state index in [1.807, 2.05) is 0 Å². The number of amides is 5. The molecule has 3 N–H and O–H groups in total. The lowest BCUT2D eigenvalue weighted by molar-refractivity contribution is -0.153. The third kappa shape index (κ3) is 3.32. The molecule has 3 unspecified atom stereocenters.